The van der Waals surface area contributed by atoms with E-state index in [4.69, 9.17) is 0 Å². The summed E-state index contributed by atoms with van der Waals surface area (Å²) in [4.78, 5) is -0.0257. The van der Waals surface area contributed by atoms with Crippen LogP contribution in [0.5, 0.6) is 0 Å². The number of nitrogens with zero attached hydrogens (tertiary/aromatic N) is 1. The van der Waals surface area contributed by atoms with Gasteiger partial charge in [-0.05, 0) is 45.4 Å². The van der Waals surface area contributed by atoms with Crippen molar-refractivity contribution < 1.29 is 17.9 Å². The Morgan fingerprint density at radius 1 is 1.38 bits per heavy atom. The van der Waals surface area contributed by atoms with Crippen molar-refractivity contribution >= 4 is 10.0 Å². The van der Waals surface area contributed by atoms with Gasteiger partial charge in [0.25, 0.3) is 0 Å². The second-order valence-electron chi connectivity index (χ2n) is 5.87. The fourth-order valence-corrected chi connectivity index (χ4v) is 3.94. The van der Waals surface area contributed by atoms with Gasteiger partial charge in [-0.15, -0.1) is 6.58 Å². The maximum absolute atomic E-state index is 13.8. The summed E-state index contributed by atoms with van der Waals surface area (Å²) in [6, 6.07) is 2.46. The van der Waals surface area contributed by atoms with Gasteiger partial charge in [-0.25, -0.2) is 12.8 Å². The van der Waals surface area contributed by atoms with Crippen LogP contribution in [0.3, 0.4) is 0 Å². The molecule has 0 fully saturated rings. The summed E-state index contributed by atoms with van der Waals surface area (Å²) < 4.78 is 40.6. The Morgan fingerprint density at radius 3 is 2.38 bits per heavy atom. The van der Waals surface area contributed by atoms with Gasteiger partial charge in [0.05, 0.1) is 11.5 Å². The Labute approximate surface area is 126 Å². The molecule has 1 aromatic rings. The topological polar surface area (TPSA) is 57.6 Å². The highest BCUT2D eigenvalue weighted by Gasteiger charge is 2.33. The van der Waals surface area contributed by atoms with Crippen molar-refractivity contribution in [2.75, 3.05) is 6.54 Å². The normalized spacial score (nSPS) is 12.7. The number of benzene rings is 1. The summed E-state index contributed by atoms with van der Waals surface area (Å²) >= 11 is 0. The monoisotopic (exact) mass is 315 g/mol. The maximum Gasteiger partial charge on any atom is 0.243 e. The Balaban J connectivity index is 3.49. The highest BCUT2D eigenvalue weighted by Crippen LogP contribution is 2.27. The molecule has 0 unspecified atom stereocenters. The Kier molecular flexibility index (Phi) is 5.30. The van der Waals surface area contributed by atoms with Crippen molar-refractivity contribution in [2.24, 2.45) is 0 Å². The van der Waals surface area contributed by atoms with Crippen molar-refractivity contribution in [1.82, 2.24) is 4.31 Å². The lowest BCUT2D eigenvalue weighted by Crippen LogP contribution is -2.45. The first kappa shape index (κ1) is 17.8. The van der Waals surface area contributed by atoms with Crippen molar-refractivity contribution in [3.63, 3.8) is 0 Å². The van der Waals surface area contributed by atoms with E-state index in [1.54, 1.807) is 20.8 Å². The third-order valence-corrected chi connectivity index (χ3v) is 5.21. The quantitative estimate of drug-likeness (QED) is 0.850. The second-order valence-corrected chi connectivity index (χ2v) is 7.73. The number of hydrogen-bond acceptors (Lipinski definition) is 3. The Hall–Kier alpha value is -1.24. The minimum Gasteiger partial charge on any atom is -0.392 e. The van der Waals surface area contributed by atoms with Crippen LogP contribution >= 0.6 is 0 Å². The molecule has 0 aliphatic heterocycles. The van der Waals surface area contributed by atoms with Crippen molar-refractivity contribution in [3.8, 4) is 0 Å². The minimum atomic E-state index is -3.81. The van der Waals surface area contributed by atoms with Crippen molar-refractivity contribution in [1.29, 1.82) is 0 Å². The SMILES string of the molecule is C=CCN(C(C)(C)C)S(=O)(=O)c1cc(C)c(F)c(CO)c1. The highest BCUT2D eigenvalue weighted by molar-refractivity contribution is 7.89. The molecule has 0 spiro atoms. The largest absolute Gasteiger partial charge is 0.392 e. The first-order valence-corrected chi connectivity index (χ1v) is 8.03. The zero-order valence-corrected chi connectivity index (χ0v) is 13.7. The Bertz CT molecular complexity index is 633. The van der Waals surface area contributed by atoms with E-state index in [0.29, 0.717) is 0 Å². The average molecular weight is 315 g/mol. The summed E-state index contributed by atoms with van der Waals surface area (Å²) in [7, 11) is -3.81. The van der Waals surface area contributed by atoms with Gasteiger partial charge in [0.15, 0.2) is 0 Å². The number of hydrogen-bond donors (Lipinski definition) is 1. The highest BCUT2D eigenvalue weighted by atomic mass is 32.2. The number of aryl methyl sites for hydroxylation is 1. The molecule has 0 heterocycles. The van der Waals surface area contributed by atoms with Crippen LogP contribution in [0.1, 0.15) is 31.9 Å². The molecule has 1 N–H and O–H groups in total. The fourth-order valence-electron chi connectivity index (χ4n) is 2.05. The molecular formula is C15H22FNO3S. The van der Waals surface area contributed by atoms with Crippen LogP contribution in [0.15, 0.2) is 29.7 Å². The first-order valence-electron chi connectivity index (χ1n) is 6.59. The molecule has 4 nitrogen and oxygen atoms in total. The summed E-state index contributed by atoms with van der Waals surface area (Å²) in [5.74, 6) is -0.581. The lowest BCUT2D eigenvalue weighted by molar-refractivity contribution is 0.268. The molecule has 118 valence electrons. The van der Waals surface area contributed by atoms with Crippen LogP contribution in [0.25, 0.3) is 0 Å². The predicted octanol–water partition coefficient (Wildman–Crippen LogP) is 2.60. The van der Waals surface area contributed by atoms with Gasteiger partial charge >= 0.3 is 0 Å². The first-order chi connectivity index (χ1) is 9.55. The third kappa shape index (κ3) is 3.70. The molecular weight excluding hydrogens is 293 g/mol. The number of sulfonamides is 1. The van der Waals surface area contributed by atoms with Gasteiger partial charge < -0.3 is 5.11 Å². The van der Waals surface area contributed by atoms with Gasteiger partial charge in [0.2, 0.25) is 10.0 Å². The molecule has 6 heteroatoms. The molecule has 0 atom stereocenters. The standard InChI is InChI=1S/C15H22FNO3S/c1-6-7-17(15(3,4)5)21(19,20)13-8-11(2)14(16)12(9-13)10-18/h6,8-9,18H,1,7,10H2,2-5H3. The zero-order chi connectivity index (χ0) is 16.4. The van der Waals surface area contributed by atoms with Crippen LogP contribution < -0.4 is 0 Å². The lowest BCUT2D eigenvalue weighted by Gasteiger charge is -2.33. The molecule has 1 aromatic carbocycles. The molecule has 0 saturated carbocycles. The minimum absolute atomic E-state index is 0.0257. The van der Waals surface area contributed by atoms with E-state index in [2.05, 4.69) is 6.58 Å². The van der Waals surface area contributed by atoms with E-state index in [1.165, 1.54) is 29.4 Å². The molecule has 0 saturated heterocycles. The molecule has 0 radical (unpaired) electrons. The smallest absolute Gasteiger partial charge is 0.243 e. The van der Waals surface area contributed by atoms with Crippen molar-refractivity contribution in [3.05, 3.63) is 41.7 Å². The molecule has 0 aliphatic rings. The number of rotatable bonds is 5. The molecule has 0 amide bonds. The van der Waals surface area contributed by atoms with Crippen LogP contribution in [0.2, 0.25) is 0 Å². The number of halogens is 1. The Morgan fingerprint density at radius 2 is 1.95 bits per heavy atom. The number of aliphatic hydroxyl groups is 1. The summed E-state index contributed by atoms with van der Waals surface area (Å²) in [5, 5.41) is 9.17. The molecule has 21 heavy (non-hydrogen) atoms. The van der Waals surface area contributed by atoms with E-state index in [0.717, 1.165) is 0 Å². The van der Waals surface area contributed by atoms with Gasteiger partial charge in [-0.1, -0.05) is 6.08 Å². The zero-order valence-electron chi connectivity index (χ0n) is 12.9. The molecule has 0 bridgehead atoms. The van der Waals surface area contributed by atoms with E-state index >= 15 is 0 Å². The molecule has 1 rings (SSSR count). The van der Waals surface area contributed by atoms with Gasteiger partial charge in [0, 0.05) is 17.6 Å². The summed E-state index contributed by atoms with van der Waals surface area (Å²) in [6.07, 6.45) is 1.51. The van der Waals surface area contributed by atoms with Crippen LogP contribution in [-0.2, 0) is 16.6 Å². The third-order valence-electron chi connectivity index (χ3n) is 3.10. The van der Waals surface area contributed by atoms with E-state index in [-0.39, 0.29) is 22.6 Å². The summed E-state index contributed by atoms with van der Waals surface area (Å²) in [6.45, 7) is 9.98. The van der Waals surface area contributed by atoms with Crippen molar-refractivity contribution in [2.45, 2.75) is 44.7 Å². The van der Waals surface area contributed by atoms with Gasteiger partial charge in [-0.3, -0.25) is 0 Å². The summed E-state index contributed by atoms with van der Waals surface area (Å²) in [5.41, 5.74) is -0.483. The van der Waals surface area contributed by atoms with E-state index in [1.807, 2.05) is 0 Å². The van der Waals surface area contributed by atoms with Crippen LogP contribution in [0, 0.1) is 12.7 Å². The van der Waals surface area contributed by atoms with Crippen LogP contribution in [0.4, 0.5) is 4.39 Å². The lowest BCUT2D eigenvalue weighted by atomic mass is 10.1. The number of aliphatic hydroxyl groups excluding tert-OH is 1. The predicted molar refractivity (Wildman–Crippen MR) is 80.9 cm³/mol. The second kappa shape index (κ2) is 6.25. The van der Waals surface area contributed by atoms with E-state index < -0.39 is 28.0 Å². The van der Waals surface area contributed by atoms with Crippen LogP contribution in [-0.4, -0.2) is 29.9 Å². The molecule has 0 aliphatic carbocycles. The van der Waals surface area contributed by atoms with Gasteiger partial charge in [0.1, 0.15) is 5.82 Å². The average Bonchev–Trinajstić information content (AvgIpc) is 2.37. The van der Waals surface area contributed by atoms with Gasteiger partial charge in [-0.2, -0.15) is 4.31 Å². The molecule has 0 aromatic heterocycles. The van der Waals surface area contributed by atoms with E-state index in [9.17, 15) is 17.9 Å². The fraction of sp³-hybridized carbons (Fsp3) is 0.467. The maximum atomic E-state index is 13.8.